The molecule has 0 spiro atoms. The molecule has 0 saturated heterocycles. The summed E-state index contributed by atoms with van der Waals surface area (Å²) in [5.41, 5.74) is 1.27. The second-order valence-electron chi connectivity index (χ2n) is 5.21. The average molecular weight is 294 g/mol. The van der Waals surface area contributed by atoms with E-state index < -0.39 is 0 Å². The Morgan fingerprint density at radius 3 is 2.50 bits per heavy atom. The fraction of sp³-hybridized carbons (Fsp3) is 0.562. The first-order valence-electron chi connectivity index (χ1n) is 7.23. The van der Waals surface area contributed by atoms with Crippen molar-refractivity contribution in [2.75, 3.05) is 20.1 Å². The lowest BCUT2D eigenvalue weighted by molar-refractivity contribution is -0.121. The van der Waals surface area contributed by atoms with Gasteiger partial charge in [0.2, 0.25) is 5.91 Å². The fourth-order valence-corrected chi connectivity index (χ4v) is 3.09. The molecule has 1 unspecified atom stereocenters. The van der Waals surface area contributed by atoms with Gasteiger partial charge in [0.25, 0.3) is 0 Å². The number of benzene rings is 1. The molecule has 0 bridgehead atoms. The Balaban J connectivity index is 2.41. The van der Waals surface area contributed by atoms with Gasteiger partial charge in [-0.3, -0.25) is 4.79 Å². The molecule has 0 aliphatic carbocycles. The van der Waals surface area contributed by atoms with Crippen molar-refractivity contribution in [3.63, 3.8) is 0 Å². The molecule has 3 nitrogen and oxygen atoms in total. The summed E-state index contributed by atoms with van der Waals surface area (Å²) < 4.78 is 0. The van der Waals surface area contributed by atoms with Crippen molar-refractivity contribution in [1.29, 1.82) is 0 Å². The molecule has 0 heterocycles. The van der Waals surface area contributed by atoms with E-state index in [1.54, 1.807) is 11.8 Å². The standard InChI is InChI=1S/C16H26N2OS/c1-13(2)15(16(19)18-11-7-10-17-3)20-12-14-8-5-4-6-9-14/h4-6,8-9,13,15,17H,7,10-12H2,1-3H3,(H,18,19). The van der Waals surface area contributed by atoms with Crippen LogP contribution in [0, 0.1) is 5.92 Å². The first kappa shape index (κ1) is 17.1. The second kappa shape index (κ2) is 9.83. The summed E-state index contributed by atoms with van der Waals surface area (Å²) >= 11 is 1.73. The van der Waals surface area contributed by atoms with E-state index in [9.17, 15) is 4.79 Å². The van der Waals surface area contributed by atoms with Crippen molar-refractivity contribution in [2.45, 2.75) is 31.3 Å². The topological polar surface area (TPSA) is 41.1 Å². The summed E-state index contributed by atoms with van der Waals surface area (Å²) in [6.45, 7) is 5.89. The molecular formula is C16H26N2OS. The van der Waals surface area contributed by atoms with Crippen molar-refractivity contribution >= 4 is 17.7 Å². The van der Waals surface area contributed by atoms with Gasteiger partial charge < -0.3 is 10.6 Å². The predicted octanol–water partition coefficient (Wildman–Crippen LogP) is 2.67. The summed E-state index contributed by atoms with van der Waals surface area (Å²) in [6, 6.07) is 10.3. The molecule has 112 valence electrons. The van der Waals surface area contributed by atoms with Crippen molar-refractivity contribution < 1.29 is 4.79 Å². The second-order valence-corrected chi connectivity index (χ2v) is 6.34. The monoisotopic (exact) mass is 294 g/mol. The van der Waals surface area contributed by atoms with Crippen LogP contribution < -0.4 is 10.6 Å². The SMILES string of the molecule is CNCCCNC(=O)C(SCc1ccccc1)C(C)C. The predicted molar refractivity (Wildman–Crippen MR) is 87.9 cm³/mol. The van der Waals surface area contributed by atoms with Gasteiger partial charge in [-0.2, -0.15) is 0 Å². The van der Waals surface area contributed by atoms with Gasteiger partial charge in [-0.05, 0) is 31.5 Å². The molecule has 0 saturated carbocycles. The summed E-state index contributed by atoms with van der Waals surface area (Å²) in [7, 11) is 1.93. The maximum atomic E-state index is 12.2. The molecule has 2 N–H and O–H groups in total. The minimum absolute atomic E-state index is 0.0183. The highest BCUT2D eigenvalue weighted by Gasteiger charge is 2.22. The van der Waals surface area contributed by atoms with Gasteiger partial charge in [0, 0.05) is 12.3 Å². The molecular weight excluding hydrogens is 268 g/mol. The third-order valence-corrected chi connectivity index (χ3v) is 4.66. The largest absolute Gasteiger partial charge is 0.355 e. The van der Waals surface area contributed by atoms with Crippen LogP contribution in [0.25, 0.3) is 0 Å². The molecule has 20 heavy (non-hydrogen) atoms. The zero-order valence-corrected chi connectivity index (χ0v) is 13.5. The molecule has 4 heteroatoms. The minimum atomic E-state index is 0.0183. The van der Waals surface area contributed by atoms with Gasteiger partial charge in [-0.25, -0.2) is 0 Å². The van der Waals surface area contributed by atoms with Crippen molar-refractivity contribution in [1.82, 2.24) is 10.6 Å². The Morgan fingerprint density at radius 1 is 1.20 bits per heavy atom. The number of amides is 1. The Hall–Kier alpha value is -1.00. The smallest absolute Gasteiger partial charge is 0.233 e. The van der Waals surface area contributed by atoms with Gasteiger partial charge in [-0.15, -0.1) is 11.8 Å². The van der Waals surface area contributed by atoms with Crippen molar-refractivity contribution in [3.8, 4) is 0 Å². The van der Waals surface area contributed by atoms with Crippen LogP contribution in [0.15, 0.2) is 30.3 Å². The molecule has 1 rings (SSSR count). The van der Waals surface area contributed by atoms with E-state index in [1.165, 1.54) is 5.56 Å². The molecule has 1 aromatic carbocycles. The van der Waals surface area contributed by atoms with E-state index >= 15 is 0 Å². The Kier molecular flexibility index (Phi) is 8.38. The normalized spacial score (nSPS) is 12.4. The summed E-state index contributed by atoms with van der Waals surface area (Å²) in [5, 5.41) is 6.14. The summed E-state index contributed by atoms with van der Waals surface area (Å²) in [4.78, 5) is 12.2. The van der Waals surface area contributed by atoms with Gasteiger partial charge >= 0.3 is 0 Å². The van der Waals surface area contributed by atoms with Crippen molar-refractivity contribution in [2.24, 2.45) is 5.92 Å². The number of carbonyl (C=O) groups is 1. The summed E-state index contributed by atoms with van der Waals surface area (Å²) in [6.07, 6.45) is 0.969. The van der Waals surface area contributed by atoms with Gasteiger partial charge in [0.15, 0.2) is 0 Å². The highest BCUT2D eigenvalue weighted by molar-refractivity contribution is 7.99. The number of hydrogen-bond acceptors (Lipinski definition) is 3. The maximum Gasteiger partial charge on any atom is 0.233 e. The third-order valence-electron chi connectivity index (χ3n) is 3.04. The number of hydrogen-bond donors (Lipinski definition) is 2. The van der Waals surface area contributed by atoms with E-state index in [0.29, 0.717) is 5.92 Å². The van der Waals surface area contributed by atoms with Crippen LogP contribution in [0.4, 0.5) is 0 Å². The highest BCUT2D eigenvalue weighted by atomic mass is 32.2. The number of thioether (sulfide) groups is 1. The molecule has 0 fully saturated rings. The fourth-order valence-electron chi connectivity index (χ4n) is 1.91. The zero-order chi connectivity index (χ0) is 14.8. The molecule has 0 radical (unpaired) electrons. The van der Waals surface area contributed by atoms with E-state index in [2.05, 4.69) is 36.6 Å². The number of carbonyl (C=O) groups excluding carboxylic acids is 1. The lowest BCUT2D eigenvalue weighted by atomic mass is 10.1. The van der Waals surface area contributed by atoms with E-state index in [4.69, 9.17) is 0 Å². The van der Waals surface area contributed by atoms with Crippen molar-refractivity contribution in [3.05, 3.63) is 35.9 Å². The molecule has 1 amide bonds. The molecule has 1 aromatic rings. The minimum Gasteiger partial charge on any atom is -0.355 e. The third kappa shape index (κ3) is 6.44. The van der Waals surface area contributed by atoms with Crippen LogP contribution in [-0.4, -0.2) is 31.3 Å². The maximum absolute atomic E-state index is 12.2. The van der Waals surface area contributed by atoms with E-state index in [1.807, 2.05) is 25.2 Å². The quantitative estimate of drug-likeness (QED) is 0.688. The highest BCUT2D eigenvalue weighted by Crippen LogP contribution is 2.23. The van der Waals surface area contributed by atoms with Gasteiger partial charge in [-0.1, -0.05) is 44.2 Å². The van der Waals surface area contributed by atoms with Crippen LogP contribution in [0.5, 0.6) is 0 Å². The van der Waals surface area contributed by atoms with Crippen LogP contribution in [0.2, 0.25) is 0 Å². The summed E-state index contributed by atoms with van der Waals surface area (Å²) in [5.74, 6) is 1.39. The van der Waals surface area contributed by atoms with E-state index in [0.717, 1.165) is 25.3 Å². The van der Waals surface area contributed by atoms with Gasteiger partial charge in [0.1, 0.15) is 0 Å². The van der Waals surface area contributed by atoms with Crippen LogP contribution in [-0.2, 0) is 10.5 Å². The van der Waals surface area contributed by atoms with Crippen LogP contribution in [0.1, 0.15) is 25.8 Å². The van der Waals surface area contributed by atoms with Crippen LogP contribution >= 0.6 is 11.8 Å². The molecule has 0 aromatic heterocycles. The number of rotatable bonds is 9. The van der Waals surface area contributed by atoms with Gasteiger partial charge in [0.05, 0.1) is 5.25 Å². The average Bonchev–Trinajstić information content (AvgIpc) is 2.44. The zero-order valence-electron chi connectivity index (χ0n) is 12.7. The number of nitrogens with one attached hydrogen (secondary N) is 2. The Labute approximate surface area is 126 Å². The van der Waals surface area contributed by atoms with Crippen LogP contribution in [0.3, 0.4) is 0 Å². The lowest BCUT2D eigenvalue weighted by Crippen LogP contribution is -2.37. The first-order valence-corrected chi connectivity index (χ1v) is 8.28. The Morgan fingerprint density at radius 2 is 1.90 bits per heavy atom. The van der Waals surface area contributed by atoms with E-state index in [-0.39, 0.29) is 11.2 Å². The lowest BCUT2D eigenvalue weighted by Gasteiger charge is -2.20. The molecule has 1 atom stereocenters. The molecule has 0 aliphatic rings. The Bertz CT molecular complexity index is 381. The molecule has 0 aliphatic heterocycles. The first-order chi connectivity index (χ1) is 9.65.